The Balaban J connectivity index is 1.90. The molecule has 2 unspecified atom stereocenters. The summed E-state index contributed by atoms with van der Waals surface area (Å²) >= 11 is 0. The van der Waals surface area contributed by atoms with Crippen molar-refractivity contribution in [3.05, 3.63) is 18.0 Å². The molecule has 5 heteroatoms. The van der Waals surface area contributed by atoms with Gasteiger partial charge in [0.2, 0.25) is 0 Å². The van der Waals surface area contributed by atoms with Gasteiger partial charge in [-0.1, -0.05) is 0 Å². The summed E-state index contributed by atoms with van der Waals surface area (Å²) in [6.45, 7) is 8.26. The lowest BCUT2D eigenvalue weighted by Crippen LogP contribution is -2.53. The van der Waals surface area contributed by atoms with Crippen molar-refractivity contribution < 1.29 is 5.11 Å². The maximum absolute atomic E-state index is 8.84. The summed E-state index contributed by atoms with van der Waals surface area (Å²) in [6, 6.07) is 1.09. The van der Waals surface area contributed by atoms with Crippen LogP contribution in [0.5, 0.6) is 0 Å². The van der Waals surface area contributed by atoms with E-state index in [0.29, 0.717) is 18.6 Å². The summed E-state index contributed by atoms with van der Waals surface area (Å²) in [6.07, 6.45) is 3.92. The highest BCUT2D eigenvalue weighted by Crippen LogP contribution is 2.09. The second-order valence-electron chi connectivity index (χ2n) is 5.00. The highest BCUT2D eigenvalue weighted by atomic mass is 16.3. The van der Waals surface area contributed by atoms with E-state index in [4.69, 9.17) is 5.11 Å². The molecule has 2 atom stereocenters. The molecule has 1 aliphatic heterocycles. The fourth-order valence-corrected chi connectivity index (χ4v) is 2.54. The molecule has 0 amide bonds. The maximum Gasteiger partial charge on any atom is 0.0640 e. The number of nitrogens with zero attached hydrogens (tertiary/aromatic N) is 3. The first-order valence-electron chi connectivity index (χ1n) is 6.28. The van der Waals surface area contributed by atoms with Gasteiger partial charge in [0.05, 0.1) is 19.3 Å². The Hall–Kier alpha value is -0.910. The van der Waals surface area contributed by atoms with E-state index in [9.17, 15) is 0 Å². The van der Waals surface area contributed by atoms with Gasteiger partial charge in [0.15, 0.2) is 0 Å². The Labute approximate surface area is 102 Å². The predicted molar refractivity (Wildman–Crippen MR) is 66.6 cm³/mol. The van der Waals surface area contributed by atoms with Gasteiger partial charge in [0.25, 0.3) is 0 Å². The van der Waals surface area contributed by atoms with Crippen molar-refractivity contribution >= 4 is 0 Å². The Morgan fingerprint density at radius 1 is 1.41 bits per heavy atom. The first-order chi connectivity index (χ1) is 8.17. The Bertz CT molecular complexity index is 342. The number of hydrogen-bond donors (Lipinski definition) is 2. The lowest BCUT2D eigenvalue weighted by Gasteiger charge is -2.35. The van der Waals surface area contributed by atoms with Crippen LogP contribution in [-0.2, 0) is 13.1 Å². The molecule has 2 N–H and O–H groups in total. The maximum atomic E-state index is 8.84. The highest BCUT2D eigenvalue weighted by Gasteiger charge is 2.20. The van der Waals surface area contributed by atoms with E-state index < -0.39 is 0 Å². The Morgan fingerprint density at radius 2 is 2.12 bits per heavy atom. The monoisotopic (exact) mass is 238 g/mol. The van der Waals surface area contributed by atoms with Crippen LogP contribution in [0.2, 0.25) is 0 Å². The number of piperazine rings is 1. The van der Waals surface area contributed by atoms with Crippen LogP contribution in [-0.4, -0.2) is 51.6 Å². The average Bonchev–Trinajstić information content (AvgIpc) is 2.64. The van der Waals surface area contributed by atoms with E-state index >= 15 is 0 Å². The Kier molecular flexibility index (Phi) is 4.15. The molecule has 5 nitrogen and oxygen atoms in total. The predicted octanol–water partition coefficient (Wildman–Crippen LogP) is 0.0576. The molecule has 0 bridgehead atoms. The minimum Gasteiger partial charge on any atom is -0.394 e. The second-order valence-corrected chi connectivity index (χ2v) is 5.00. The summed E-state index contributed by atoms with van der Waals surface area (Å²) in [5.41, 5.74) is 1.22. The lowest BCUT2D eigenvalue weighted by atomic mass is 10.1. The SMILES string of the molecule is CC1CN(Cc2cnn(CCO)c2)CC(C)N1. The normalized spacial score (nSPS) is 26.3. The zero-order chi connectivity index (χ0) is 12.3. The summed E-state index contributed by atoms with van der Waals surface area (Å²) in [5.74, 6) is 0. The number of aliphatic hydroxyl groups is 1. The van der Waals surface area contributed by atoms with Crippen LogP contribution in [0, 0.1) is 0 Å². The Morgan fingerprint density at radius 3 is 2.76 bits per heavy atom. The van der Waals surface area contributed by atoms with Gasteiger partial charge < -0.3 is 10.4 Å². The van der Waals surface area contributed by atoms with Gasteiger partial charge in [0, 0.05) is 43.5 Å². The molecule has 0 saturated carbocycles. The van der Waals surface area contributed by atoms with E-state index in [-0.39, 0.29) is 6.61 Å². The molecule has 1 saturated heterocycles. The molecule has 2 heterocycles. The van der Waals surface area contributed by atoms with E-state index in [1.165, 1.54) is 5.56 Å². The van der Waals surface area contributed by atoms with Crippen LogP contribution in [0.3, 0.4) is 0 Å². The van der Waals surface area contributed by atoms with Gasteiger partial charge in [-0.25, -0.2) is 0 Å². The largest absolute Gasteiger partial charge is 0.394 e. The van der Waals surface area contributed by atoms with Crippen molar-refractivity contribution in [2.24, 2.45) is 0 Å². The van der Waals surface area contributed by atoms with Crippen LogP contribution in [0.4, 0.5) is 0 Å². The zero-order valence-electron chi connectivity index (χ0n) is 10.6. The van der Waals surface area contributed by atoms with Crippen LogP contribution < -0.4 is 5.32 Å². The van der Waals surface area contributed by atoms with Crippen LogP contribution >= 0.6 is 0 Å². The summed E-state index contributed by atoms with van der Waals surface area (Å²) in [5, 5.41) is 16.6. The van der Waals surface area contributed by atoms with Crippen molar-refractivity contribution in [2.45, 2.75) is 39.0 Å². The van der Waals surface area contributed by atoms with E-state index in [1.54, 1.807) is 4.68 Å². The van der Waals surface area contributed by atoms with Crippen molar-refractivity contribution in [3.63, 3.8) is 0 Å². The minimum absolute atomic E-state index is 0.142. The highest BCUT2D eigenvalue weighted by molar-refractivity contribution is 5.04. The molecule has 96 valence electrons. The molecule has 1 aromatic heterocycles. The van der Waals surface area contributed by atoms with E-state index in [2.05, 4.69) is 29.2 Å². The summed E-state index contributed by atoms with van der Waals surface area (Å²) < 4.78 is 1.80. The number of rotatable bonds is 4. The van der Waals surface area contributed by atoms with Crippen LogP contribution in [0.15, 0.2) is 12.4 Å². The molecule has 17 heavy (non-hydrogen) atoms. The third-order valence-corrected chi connectivity index (χ3v) is 3.06. The molecule has 0 radical (unpaired) electrons. The van der Waals surface area contributed by atoms with Crippen molar-refractivity contribution in [3.8, 4) is 0 Å². The molecule has 0 aromatic carbocycles. The number of aromatic nitrogens is 2. The fourth-order valence-electron chi connectivity index (χ4n) is 2.54. The van der Waals surface area contributed by atoms with E-state index in [1.807, 2.05) is 12.4 Å². The smallest absolute Gasteiger partial charge is 0.0640 e. The standard InChI is InChI=1S/C12H22N4O/c1-10-6-15(7-11(2)14-10)8-12-5-13-16(9-12)3-4-17/h5,9-11,14,17H,3-4,6-8H2,1-2H3. The quantitative estimate of drug-likeness (QED) is 0.779. The molecule has 1 fully saturated rings. The van der Waals surface area contributed by atoms with Gasteiger partial charge in [-0.05, 0) is 13.8 Å². The van der Waals surface area contributed by atoms with Gasteiger partial charge in [-0.15, -0.1) is 0 Å². The van der Waals surface area contributed by atoms with Gasteiger partial charge in [-0.3, -0.25) is 9.58 Å². The fraction of sp³-hybridized carbons (Fsp3) is 0.750. The third-order valence-electron chi connectivity index (χ3n) is 3.06. The van der Waals surface area contributed by atoms with Crippen molar-refractivity contribution in [2.75, 3.05) is 19.7 Å². The number of hydrogen-bond acceptors (Lipinski definition) is 4. The lowest BCUT2D eigenvalue weighted by molar-refractivity contribution is 0.166. The second kappa shape index (κ2) is 5.62. The van der Waals surface area contributed by atoms with Crippen LogP contribution in [0.25, 0.3) is 0 Å². The molecular weight excluding hydrogens is 216 g/mol. The number of aliphatic hydroxyl groups excluding tert-OH is 1. The summed E-state index contributed by atoms with van der Waals surface area (Å²) in [4.78, 5) is 2.45. The first-order valence-corrected chi connectivity index (χ1v) is 6.28. The molecular formula is C12H22N4O. The molecule has 2 rings (SSSR count). The summed E-state index contributed by atoms with van der Waals surface area (Å²) in [7, 11) is 0. The molecule has 0 spiro atoms. The zero-order valence-corrected chi connectivity index (χ0v) is 10.6. The van der Waals surface area contributed by atoms with Gasteiger partial charge >= 0.3 is 0 Å². The van der Waals surface area contributed by atoms with Crippen molar-refractivity contribution in [1.29, 1.82) is 0 Å². The molecule has 1 aliphatic rings. The van der Waals surface area contributed by atoms with Gasteiger partial charge in [-0.2, -0.15) is 5.10 Å². The third kappa shape index (κ3) is 3.52. The number of nitrogens with one attached hydrogen (secondary N) is 1. The van der Waals surface area contributed by atoms with Crippen molar-refractivity contribution in [1.82, 2.24) is 20.0 Å². The first kappa shape index (κ1) is 12.5. The topological polar surface area (TPSA) is 53.3 Å². The van der Waals surface area contributed by atoms with Gasteiger partial charge in [0.1, 0.15) is 0 Å². The van der Waals surface area contributed by atoms with E-state index in [0.717, 1.165) is 19.6 Å². The van der Waals surface area contributed by atoms with Crippen LogP contribution in [0.1, 0.15) is 19.4 Å². The molecule has 1 aromatic rings. The minimum atomic E-state index is 0.142. The molecule has 0 aliphatic carbocycles. The average molecular weight is 238 g/mol.